The Bertz CT molecular complexity index is 1050. The van der Waals surface area contributed by atoms with Gasteiger partial charge in [0.25, 0.3) is 5.91 Å². The van der Waals surface area contributed by atoms with Crippen molar-refractivity contribution >= 4 is 22.8 Å². The van der Waals surface area contributed by atoms with Crippen LogP contribution >= 0.6 is 0 Å². The number of nitrogens with zero attached hydrogens (tertiary/aromatic N) is 3. The molecule has 4 rings (SSSR count). The monoisotopic (exact) mass is 391 g/mol. The molecule has 3 aromatic rings. The van der Waals surface area contributed by atoms with Crippen LogP contribution in [0.15, 0.2) is 66.5 Å². The van der Waals surface area contributed by atoms with Crippen molar-refractivity contribution in [2.24, 2.45) is 0 Å². The molecule has 0 unspecified atom stereocenters. The van der Waals surface area contributed by atoms with E-state index in [-0.39, 0.29) is 11.9 Å². The maximum Gasteiger partial charge on any atom is 0.252 e. The summed E-state index contributed by atoms with van der Waals surface area (Å²) in [5.41, 5.74) is 8.37. The van der Waals surface area contributed by atoms with Gasteiger partial charge in [0.05, 0.1) is 5.52 Å². The lowest BCUT2D eigenvalue weighted by Crippen LogP contribution is -2.25. The lowest BCUT2D eigenvalue weighted by Gasteiger charge is -2.10. The number of nitrogens with one attached hydrogen (secondary N) is 1. The minimum atomic E-state index is -0.0876. The third kappa shape index (κ3) is 4.89. The number of fused-ring (bicyclic) bond motifs is 1. The summed E-state index contributed by atoms with van der Waals surface area (Å²) in [6.07, 6.45) is 12.0. The molecule has 0 spiro atoms. The number of ether oxygens (including phenoxy) is 1. The highest BCUT2D eigenvalue weighted by Crippen LogP contribution is 2.23. The van der Waals surface area contributed by atoms with Crippen LogP contribution < -0.4 is 11.1 Å². The summed E-state index contributed by atoms with van der Waals surface area (Å²) in [7, 11) is 3.25. The van der Waals surface area contributed by atoms with Crippen LogP contribution in [-0.2, 0) is 4.74 Å². The Morgan fingerprint density at radius 2 is 2.07 bits per heavy atom. The highest BCUT2D eigenvalue weighted by atomic mass is 16.4. The number of anilines is 1. The van der Waals surface area contributed by atoms with Crippen molar-refractivity contribution in [3.8, 4) is 5.82 Å². The number of amides is 1. The second-order valence-electron chi connectivity index (χ2n) is 6.55. The van der Waals surface area contributed by atoms with Crippen LogP contribution in [0.2, 0.25) is 0 Å². The zero-order valence-electron chi connectivity index (χ0n) is 16.6. The van der Waals surface area contributed by atoms with E-state index in [1.165, 1.54) is 0 Å². The number of carbonyl (C=O) groups is 1. The molecule has 1 amide bonds. The number of hydrogen-bond donors (Lipinski definition) is 2. The first-order valence-electron chi connectivity index (χ1n) is 9.37. The molecule has 1 aliphatic rings. The van der Waals surface area contributed by atoms with E-state index < -0.39 is 0 Å². The lowest BCUT2D eigenvalue weighted by atomic mass is 10.1. The van der Waals surface area contributed by atoms with Gasteiger partial charge in [-0.25, -0.2) is 4.98 Å². The fourth-order valence-corrected chi connectivity index (χ4v) is 3.14. The van der Waals surface area contributed by atoms with E-state index in [0.29, 0.717) is 17.9 Å². The molecule has 0 atom stereocenters. The van der Waals surface area contributed by atoms with Crippen molar-refractivity contribution in [1.29, 1.82) is 0 Å². The van der Waals surface area contributed by atoms with Gasteiger partial charge in [-0.1, -0.05) is 24.3 Å². The van der Waals surface area contributed by atoms with Crippen LogP contribution in [0, 0.1) is 0 Å². The van der Waals surface area contributed by atoms with Gasteiger partial charge in [-0.05, 0) is 42.7 Å². The molecule has 7 nitrogen and oxygen atoms in total. The number of methoxy groups -OCH3 is 1. The van der Waals surface area contributed by atoms with Gasteiger partial charge in [0.15, 0.2) is 0 Å². The van der Waals surface area contributed by atoms with Crippen molar-refractivity contribution in [3.63, 3.8) is 0 Å². The first-order chi connectivity index (χ1) is 14.1. The van der Waals surface area contributed by atoms with Crippen LogP contribution in [0.25, 0.3) is 16.7 Å². The maximum absolute atomic E-state index is 12.7. The molecular weight excluding hydrogens is 366 g/mol. The molecule has 0 saturated heterocycles. The number of benzene rings is 1. The van der Waals surface area contributed by atoms with E-state index in [1.54, 1.807) is 26.5 Å². The van der Waals surface area contributed by atoms with Gasteiger partial charge >= 0.3 is 0 Å². The Labute approximate surface area is 169 Å². The summed E-state index contributed by atoms with van der Waals surface area (Å²) in [6, 6.07) is 9.36. The van der Waals surface area contributed by atoms with E-state index in [9.17, 15) is 4.79 Å². The highest BCUT2D eigenvalue weighted by Gasteiger charge is 2.13. The van der Waals surface area contributed by atoms with Crippen molar-refractivity contribution in [2.45, 2.75) is 12.8 Å². The summed E-state index contributed by atoms with van der Waals surface area (Å²) in [6.45, 7) is 0.537. The number of allylic oxidation sites excluding steroid dienone is 2. The molecule has 7 heteroatoms. The fraction of sp³-hybridized carbons (Fsp3) is 0.227. The summed E-state index contributed by atoms with van der Waals surface area (Å²) in [5, 5.41) is 3.88. The zero-order chi connectivity index (χ0) is 20.6. The molecule has 0 radical (unpaired) electrons. The van der Waals surface area contributed by atoms with E-state index in [2.05, 4.69) is 38.2 Å². The molecule has 2 heterocycles. The fourth-order valence-electron chi connectivity index (χ4n) is 3.14. The minimum Gasteiger partial charge on any atom is -0.388 e. The Morgan fingerprint density at radius 3 is 2.79 bits per heavy atom. The molecule has 0 bridgehead atoms. The van der Waals surface area contributed by atoms with Gasteiger partial charge in [-0.3, -0.25) is 4.79 Å². The average Bonchev–Trinajstić information content (AvgIpc) is 3.18. The van der Waals surface area contributed by atoms with Gasteiger partial charge < -0.3 is 20.4 Å². The van der Waals surface area contributed by atoms with Gasteiger partial charge in [0.2, 0.25) is 5.95 Å². The molecule has 1 aromatic carbocycles. The molecule has 0 aliphatic heterocycles. The molecule has 150 valence electrons. The number of rotatable bonds is 4. The standard InChI is InChI=1S/C20H19N5O.C2H6O/c21-20-22-11-9-18(24-20)25-12-10-15-16(7-4-8-17(15)25)19(26)23-13-14-5-2-1-3-6-14;1-3-2/h2,4-12H,1,3,13H2,(H,23,26)(H2,21,22,24);1-2H3. The molecular formula is C22H25N5O2. The summed E-state index contributed by atoms with van der Waals surface area (Å²) >= 11 is 0. The minimum absolute atomic E-state index is 0.0876. The molecule has 3 N–H and O–H groups in total. The van der Waals surface area contributed by atoms with Gasteiger partial charge in [-0.15, -0.1) is 0 Å². The average molecular weight is 391 g/mol. The first kappa shape index (κ1) is 20.3. The molecule has 1 aliphatic carbocycles. The SMILES string of the molecule is COC.Nc1nccc(-n2ccc3c(C(=O)NCC4=CCCC=C4)cccc32)n1. The smallest absolute Gasteiger partial charge is 0.252 e. The van der Waals surface area contributed by atoms with E-state index in [1.807, 2.05) is 35.0 Å². The van der Waals surface area contributed by atoms with Crippen molar-refractivity contribution in [1.82, 2.24) is 19.9 Å². The van der Waals surface area contributed by atoms with Crippen LogP contribution in [-0.4, -0.2) is 41.2 Å². The van der Waals surface area contributed by atoms with Crippen molar-refractivity contribution in [2.75, 3.05) is 26.5 Å². The third-order valence-corrected chi connectivity index (χ3v) is 4.41. The molecule has 0 saturated carbocycles. The van der Waals surface area contributed by atoms with E-state index in [4.69, 9.17) is 5.73 Å². The number of carbonyl (C=O) groups excluding carboxylic acids is 1. The number of nitrogen functional groups attached to an aromatic ring is 1. The van der Waals surface area contributed by atoms with Crippen LogP contribution in [0.5, 0.6) is 0 Å². The second-order valence-corrected chi connectivity index (χ2v) is 6.55. The highest BCUT2D eigenvalue weighted by molar-refractivity contribution is 6.06. The quantitative estimate of drug-likeness (QED) is 0.712. The molecule has 29 heavy (non-hydrogen) atoms. The number of nitrogens with two attached hydrogens (primary N) is 1. The second kappa shape index (κ2) is 9.66. The molecule has 2 aromatic heterocycles. The number of aromatic nitrogens is 3. The molecule has 0 fully saturated rings. The van der Waals surface area contributed by atoms with Gasteiger partial charge in [0.1, 0.15) is 5.82 Å². The Morgan fingerprint density at radius 1 is 1.24 bits per heavy atom. The Hall–Kier alpha value is -3.45. The van der Waals surface area contributed by atoms with Crippen LogP contribution in [0.4, 0.5) is 5.95 Å². The Balaban J connectivity index is 0.000000755. The van der Waals surface area contributed by atoms with E-state index >= 15 is 0 Å². The topological polar surface area (TPSA) is 95.1 Å². The summed E-state index contributed by atoms with van der Waals surface area (Å²) < 4.78 is 6.15. The Kier molecular flexibility index (Phi) is 6.76. The normalized spacial score (nSPS) is 12.8. The van der Waals surface area contributed by atoms with Crippen LogP contribution in [0.3, 0.4) is 0 Å². The van der Waals surface area contributed by atoms with Gasteiger partial charge in [-0.2, -0.15) is 4.98 Å². The van der Waals surface area contributed by atoms with E-state index in [0.717, 1.165) is 29.3 Å². The summed E-state index contributed by atoms with van der Waals surface area (Å²) in [4.78, 5) is 20.9. The first-order valence-corrected chi connectivity index (χ1v) is 9.37. The zero-order valence-corrected chi connectivity index (χ0v) is 16.6. The van der Waals surface area contributed by atoms with Crippen LogP contribution in [0.1, 0.15) is 23.2 Å². The lowest BCUT2D eigenvalue weighted by molar-refractivity contribution is 0.0959. The van der Waals surface area contributed by atoms with Crippen molar-refractivity contribution < 1.29 is 9.53 Å². The summed E-state index contributed by atoms with van der Waals surface area (Å²) in [5.74, 6) is 0.796. The van der Waals surface area contributed by atoms with Gasteiger partial charge in [0, 0.05) is 44.1 Å². The van der Waals surface area contributed by atoms with Crippen molar-refractivity contribution in [3.05, 3.63) is 72.1 Å². The number of hydrogen-bond acceptors (Lipinski definition) is 5. The predicted molar refractivity (Wildman–Crippen MR) is 115 cm³/mol. The largest absolute Gasteiger partial charge is 0.388 e. The third-order valence-electron chi connectivity index (χ3n) is 4.41. The predicted octanol–water partition coefficient (Wildman–Crippen LogP) is 3.27. The maximum atomic E-state index is 12.7.